The van der Waals surface area contributed by atoms with Crippen LogP contribution in [0.25, 0.3) is 31.3 Å². The van der Waals surface area contributed by atoms with Gasteiger partial charge in [-0.3, -0.25) is 0 Å². The fraction of sp³-hybridized carbons (Fsp3) is 1.00. The minimum atomic E-state index is -4.97. The van der Waals surface area contributed by atoms with E-state index in [-0.39, 0.29) is 0 Å². The first-order valence-electron chi connectivity index (χ1n) is 2.76. The summed E-state index contributed by atoms with van der Waals surface area (Å²) >= 11 is 0. The monoisotopic (exact) mass is 239 g/mol. The maximum atomic E-state index is 10.9. The molecular formula is C2H6FN9O2S. The molecule has 0 atom stereocenters. The Morgan fingerprint density at radius 3 is 1.27 bits per heavy atom. The molecule has 0 N–H and O–H groups in total. The van der Waals surface area contributed by atoms with E-state index in [0.717, 1.165) is 0 Å². The van der Waals surface area contributed by atoms with E-state index < -0.39 is 10.4 Å². The molecule has 84 valence electrons. The predicted octanol–water partition coefficient (Wildman–Crippen LogP) is 2.36. The lowest BCUT2D eigenvalue weighted by Gasteiger charge is -1.66. The highest BCUT2D eigenvalue weighted by molar-refractivity contribution is 7.84. The van der Waals surface area contributed by atoms with Crippen LogP contribution in [0.3, 0.4) is 0 Å². The molecule has 0 rings (SSSR count). The molecule has 0 saturated carbocycles. The van der Waals surface area contributed by atoms with E-state index in [4.69, 9.17) is 25.0 Å². The van der Waals surface area contributed by atoms with Crippen molar-refractivity contribution in [2.24, 2.45) is 14.7 Å². The van der Waals surface area contributed by atoms with Crippen molar-refractivity contribution in [2.45, 2.75) is 0 Å². The number of hydrogen-bond donors (Lipinski definition) is 0. The molecule has 0 aliphatic rings. The molecule has 0 saturated heterocycles. The summed E-state index contributed by atoms with van der Waals surface area (Å²) in [6.07, 6.45) is 0. The van der Waals surface area contributed by atoms with E-state index in [0.29, 0.717) is 0 Å². The van der Waals surface area contributed by atoms with Crippen LogP contribution in [0, 0.1) is 0 Å². The van der Waals surface area contributed by atoms with Gasteiger partial charge in [0.2, 0.25) is 0 Å². The predicted molar refractivity (Wildman–Crippen MR) is 49.3 cm³/mol. The second-order valence-corrected chi connectivity index (χ2v) is 2.15. The zero-order valence-corrected chi connectivity index (χ0v) is 8.44. The van der Waals surface area contributed by atoms with Crippen LogP contribution in [0.4, 0.5) is 3.89 Å². The molecule has 0 amide bonds. The third-order valence-corrected chi connectivity index (χ3v) is 0.581. The summed E-state index contributed by atoms with van der Waals surface area (Å²) < 4.78 is 31.0. The van der Waals surface area contributed by atoms with Gasteiger partial charge in [0.25, 0.3) is 0 Å². The summed E-state index contributed by atoms with van der Waals surface area (Å²) in [4.78, 5) is 6.39. The van der Waals surface area contributed by atoms with Gasteiger partial charge in [-0.15, -0.1) is 0 Å². The topological polar surface area (TPSA) is 180 Å². The molecule has 15 heavy (non-hydrogen) atoms. The van der Waals surface area contributed by atoms with Gasteiger partial charge < -0.3 is 0 Å². The highest BCUT2D eigenvalue weighted by atomic mass is 32.3. The zero-order valence-electron chi connectivity index (χ0n) is 7.63. The molecule has 0 heterocycles. The molecule has 0 aromatic rings. The van der Waals surface area contributed by atoms with Gasteiger partial charge in [-0.1, -0.05) is 14.1 Å². The van der Waals surface area contributed by atoms with Gasteiger partial charge in [-0.05, 0) is 16.6 Å². The zero-order chi connectivity index (χ0) is 12.7. The fourth-order valence-electron chi connectivity index (χ4n) is 0.0436. The van der Waals surface area contributed by atoms with Crippen molar-refractivity contribution in [2.75, 3.05) is 14.1 Å². The Morgan fingerprint density at radius 2 is 1.27 bits per heavy atom. The average molecular weight is 239 g/mol. The van der Waals surface area contributed by atoms with Crippen LogP contribution >= 0.6 is 0 Å². The molecule has 0 aromatic carbocycles. The first kappa shape index (κ1) is 18.6. The van der Waals surface area contributed by atoms with Crippen molar-refractivity contribution in [3.8, 4) is 0 Å². The smallest absolute Gasteiger partial charge is 0.186 e. The highest BCUT2D eigenvalue weighted by Gasteiger charge is 1.97. The first-order valence-corrected chi connectivity index (χ1v) is 4.11. The first-order chi connectivity index (χ1) is 6.89. The molecule has 0 unspecified atom stereocenters. The average Bonchev–Trinajstić information content (AvgIpc) is 2.17. The summed E-state index contributed by atoms with van der Waals surface area (Å²) in [5.74, 6) is 0. The van der Waals surface area contributed by atoms with Gasteiger partial charge in [0.1, 0.15) is 0 Å². The second-order valence-electron chi connectivity index (χ2n) is 1.16. The normalized spacial score (nSPS) is 6.87. The van der Waals surface area contributed by atoms with Gasteiger partial charge in [-0.25, -0.2) is 0 Å². The Labute approximate surface area is 83.7 Å². The summed E-state index contributed by atoms with van der Waals surface area (Å²) in [7, 11) is -2.19. The number of nitrogens with zero attached hydrogens (tertiary/aromatic N) is 9. The van der Waals surface area contributed by atoms with Crippen LogP contribution < -0.4 is 0 Å². The van der Waals surface area contributed by atoms with Gasteiger partial charge >= 0.3 is 10.4 Å². The van der Waals surface area contributed by atoms with Crippen molar-refractivity contribution < 1.29 is 12.3 Å². The summed E-state index contributed by atoms with van der Waals surface area (Å²) in [5.41, 5.74) is 21.9. The standard InChI is InChI=1S/2CH3N3.FN3O2S/c2*1-3-4-2;1-7(5,6)4-3-2/h2*1H3;. The molecule has 11 nitrogen and oxygen atoms in total. The SMILES string of the molecule is CN=[N+]=[N-].CN=[N+]=[N-].[N-]=[N+]=NS(=O)(=O)F. The van der Waals surface area contributed by atoms with Crippen LogP contribution in [0.2, 0.25) is 0 Å². The quantitative estimate of drug-likeness (QED) is 0.295. The van der Waals surface area contributed by atoms with E-state index in [1.165, 1.54) is 14.1 Å². The lowest BCUT2D eigenvalue weighted by Crippen LogP contribution is -1.76. The van der Waals surface area contributed by atoms with Gasteiger partial charge in [-0.2, -0.15) is 8.42 Å². The Kier molecular flexibility index (Phi) is 17.7. The van der Waals surface area contributed by atoms with Crippen molar-refractivity contribution in [1.29, 1.82) is 0 Å². The van der Waals surface area contributed by atoms with Crippen molar-refractivity contribution >= 4 is 10.4 Å². The van der Waals surface area contributed by atoms with Gasteiger partial charge in [0.05, 0.1) is 4.52 Å². The minimum absolute atomic E-state index is 1.39. The lowest BCUT2D eigenvalue weighted by molar-refractivity contribution is 0.553. The highest BCUT2D eigenvalue weighted by Crippen LogP contribution is 1.89. The van der Waals surface area contributed by atoms with Crippen LogP contribution in [0.1, 0.15) is 0 Å². The van der Waals surface area contributed by atoms with Crippen LogP contribution in [0.5, 0.6) is 0 Å². The van der Waals surface area contributed by atoms with Gasteiger partial charge in [0, 0.05) is 28.8 Å². The van der Waals surface area contributed by atoms with Crippen molar-refractivity contribution in [1.82, 2.24) is 0 Å². The Morgan fingerprint density at radius 1 is 1.00 bits per heavy atom. The molecule has 0 bridgehead atoms. The Hall–Kier alpha value is -2.19. The number of hydrogen-bond acceptors (Lipinski definition) is 4. The van der Waals surface area contributed by atoms with Crippen molar-refractivity contribution in [3.63, 3.8) is 0 Å². The maximum Gasteiger partial charge on any atom is 0.394 e. The minimum Gasteiger partial charge on any atom is -0.186 e. The molecule has 0 radical (unpaired) electrons. The van der Waals surface area contributed by atoms with Crippen LogP contribution in [-0.2, 0) is 10.4 Å². The lowest BCUT2D eigenvalue weighted by atomic mass is 11.6. The largest absolute Gasteiger partial charge is 0.394 e. The number of azide groups is 3. The third kappa shape index (κ3) is 78.3. The Balaban J connectivity index is -0.000000155. The van der Waals surface area contributed by atoms with Crippen LogP contribution in [-0.4, -0.2) is 22.5 Å². The van der Waals surface area contributed by atoms with Gasteiger partial charge in [0.15, 0.2) is 0 Å². The molecule has 13 heteroatoms. The summed E-state index contributed by atoms with van der Waals surface area (Å²) in [6, 6.07) is 0. The Bertz CT molecular complexity index is 366. The van der Waals surface area contributed by atoms with E-state index in [1.54, 1.807) is 9.43 Å². The number of halogens is 1. The number of rotatable bonds is 1. The molecule has 0 fully saturated rings. The molecule has 0 aromatic heterocycles. The third-order valence-electron chi connectivity index (χ3n) is 0.313. The van der Waals surface area contributed by atoms with E-state index in [2.05, 4.69) is 20.1 Å². The second kappa shape index (κ2) is 14.3. The molecule has 0 spiro atoms. The molecule has 0 aliphatic carbocycles. The van der Waals surface area contributed by atoms with E-state index >= 15 is 0 Å². The van der Waals surface area contributed by atoms with E-state index in [9.17, 15) is 3.89 Å². The van der Waals surface area contributed by atoms with Crippen LogP contribution in [0.15, 0.2) is 14.7 Å². The summed E-state index contributed by atoms with van der Waals surface area (Å²) in [6.45, 7) is 0. The maximum absolute atomic E-state index is 10.9. The molecule has 0 aliphatic heterocycles. The van der Waals surface area contributed by atoms with E-state index in [1.807, 2.05) is 0 Å². The molecular weight excluding hydrogens is 233 g/mol. The van der Waals surface area contributed by atoms with Crippen molar-refractivity contribution in [3.05, 3.63) is 31.3 Å². The fourth-order valence-corrected chi connectivity index (χ4v) is 0.131. The summed E-state index contributed by atoms with van der Waals surface area (Å²) in [5, 5.41) is 5.83.